The lowest BCUT2D eigenvalue weighted by molar-refractivity contribution is 0.0910. The molecule has 0 bridgehead atoms. The minimum atomic E-state index is -0.145. The molecule has 3 aliphatic rings. The molecule has 3 aliphatic heterocycles. The Kier molecular flexibility index (Phi) is 3.41. The van der Waals surface area contributed by atoms with Crippen LogP contribution in [0, 0.1) is 0 Å². The van der Waals surface area contributed by atoms with Crippen molar-refractivity contribution in [1.82, 2.24) is 0 Å². The van der Waals surface area contributed by atoms with Crippen LogP contribution in [0.4, 0.5) is 0 Å². The van der Waals surface area contributed by atoms with E-state index in [1.165, 1.54) is 5.56 Å². The summed E-state index contributed by atoms with van der Waals surface area (Å²) in [6.07, 6.45) is 0.664. The normalized spacial score (nSPS) is 21.1. The minimum absolute atomic E-state index is 0.0241. The maximum Gasteiger partial charge on any atom is 0.231 e. The molecule has 0 saturated carbocycles. The van der Waals surface area contributed by atoms with Crippen LogP contribution in [0.2, 0.25) is 0 Å². The van der Waals surface area contributed by atoms with Gasteiger partial charge in [-0.15, -0.1) is 0 Å². The molecule has 28 heavy (non-hydrogen) atoms. The number of hydrogen-bond donors (Lipinski definition) is 0. The smallest absolute Gasteiger partial charge is 0.231 e. The van der Waals surface area contributed by atoms with Gasteiger partial charge in [-0.05, 0) is 47.0 Å². The van der Waals surface area contributed by atoms with E-state index in [2.05, 4.69) is 18.2 Å². The summed E-state index contributed by atoms with van der Waals surface area (Å²) in [4.78, 5) is 0. The van der Waals surface area contributed by atoms with Gasteiger partial charge in [-0.3, -0.25) is 0 Å². The Hall–Kier alpha value is -3.34. The van der Waals surface area contributed by atoms with Gasteiger partial charge in [0.25, 0.3) is 0 Å². The molecule has 5 nitrogen and oxygen atoms in total. The first kappa shape index (κ1) is 15.7. The summed E-state index contributed by atoms with van der Waals surface area (Å²) < 4.78 is 29.1. The van der Waals surface area contributed by atoms with E-state index in [-0.39, 0.29) is 19.0 Å². The molecule has 0 N–H and O–H groups in total. The number of para-hydroxylation sites is 2. The Morgan fingerprint density at radius 2 is 1.32 bits per heavy atom. The third-order valence-corrected chi connectivity index (χ3v) is 5.41. The van der Waals surface area contributed by atoms with E-state index in [1.807, 2.05) is 42.5 Å². The average Bonchev–Trinajstić information content (AvgIpc) is 3.39. The van der Waals surface area contributed by atoms with Crippen molar-refractivity contribution in [2.24, 2.45) is 0 Å². The summed E-state index contributed by atoms with van der Waals surface area (Å²) in [5.41, 5.74) is 3.34. The average molecular weight is 374 g/mol. The lowest BCUT2D eigenvalue weighted by atomic mass is 10.0. The predicted octanol–water partition coefficient (Wildman–Crippen LogP) is 4.60. The fourth-order valence-corrected chi connectivity index (χ4v) is 3.93. The summed E-state index contributed by atoms with van der Waals surface area (Å²) in [6, 6.07) is 20.1. The van der Waals surface area contributed by atoms with Crippen LogP contribution in [0.25, 0.3) is 0 Å². The van der Waals surface area contributed by atoms with Gasteiger partial charge in [0.15, 0.2) is 29.1 Å². The van der Waals surface area contributed by atoms with Crippen LogP contribution < -0.4 is 23.7 Å². The van der Waals surface area contributed by atoms with Crippen LogP contribution in [0.15, 0.2) is 60.7 Å². The van der Waals surface area contributed by atoms with Crippen molar-refractivity contribution < 1.29 is 23.7 Å². The first-order chi connectivity index (χ1) is 13.8. The molecule has 3 aromatic carbocycles. The molecule has 3 aromatic rings. The maximum absolute atomic E-state index is 6.26. The fraction of sp³-hybridized carbons (Fsp3) is 0.217. The first-order valence-corrected chi connectivity index (χ1v) is 9.41. The Morgan fingerprint density at radius 1 is 0.607 bits per heavy atom. The van der Waals surface area contributed by atoms with Gasteiger partial charge >= 0.3 is 0 Å². The van der Waals surface area contributed by atoms with Crippen LogP contribution in [-0.4, -0.2) is 13.4 Å². The Labute approximate surface area is 162 Å². The van der Waals surface area contributed by atoms with E-state index in [4.69, 9.17) is 23.7 Å². The molecule has 140 valence electrons. The molecule has 0 amide bonds. The molecule has 0 saturated heterocycles. The zero-order valence-electron chi connectivity index (χ0n) is 15.1. The highest BCUT2D eigenvalue weighted by Gasteiger charge is 2.29. The molecule has 6 rings (SSSR count). The second-order valence-corrected chi connectivity index (χ2v) is 7.15. The molecular formula is C23H18O5. The van der Waals surface area contributed by atoms with Crippen molar-refractivity contribution in [2.45, 2.75) is 18.6 Å². The molecule has 2 atom stereocenters. The quantitative estimate of drug-likeness (QED) is 0.656. The van der Waals surface area contributed by atoms with E-state index in [0.717, 1.165) is 46.3 Å². The SMILES string of the molecule is c1ccc2c(c1)OCC(c1ccc3c(c1)OC(c1ccc4c(c1)OCO4)C3)O2. The van der Waals surface area contributed by atoms with Gasteiger partial charge in [0.05, 0.1) is 0 Å². The summed E-state index contributed by atoms with van der Waals surface area (Å²) in [5, 5.41) is 0. The second-order valence-electron chi connectivity index (χ2n) is 7.15. The highest BCUT2D eigenvalue weighted by atomic mass is 16.7. The molecule has 0 spiro atoms. The molecule has 5 heteroatoms. The number of benzene rings is 3. The number of fused-ring (bicyclic) bond motifs is 3. The summed E-state index contributed by atoms with van der Waals surface area (Å²) in [5.74, 6) is 4.04. The number of ether oxygens (including phenoxy) is 5. The zero-order valence-corrected chi connectivity index (χ0v) is 15.1. The number of hydrogen-bond acceptors (Lipinski definition) is 5. The molecule has 2 unspecified atom stereocenters. The third kappa shape index (κ3) is 2.54. The third-order valence-electron chi connectivity index (χ3n) is 5.41. The van der Waals surface area contributed by atoms with Gasteiger partial charge in [-0.25, -0.2) is 0 Å². The van der Waals surface area contributed by atoms with E-state index < -0.39 is 0 Å². The van der Waals surface area contributed by atoms with Crippen LogP contribution in [0.5, 0.6) is 28.7 Å². The first-order valence-electron chi connectivity index (χ1n) is 9.41. The number of rotatable bonds is 2. The van der Waals surface area contributed by atoms with Gasteiger partial charge < -0.3 is 23.7 Å². The lowest BCUT2D eigenvalue weighted by Crippen LogP contribution is -2.21. The fourth-order valence-electron chi connectivity index (χ4n) is 3.93. The van der Waals surface area contributed by atoms with Gasteiger partial charge in [0.1, 0.15) is 18.5 Å². The molecular weight excluding hydrogens is 356 g/mol. The van der Waals surface area contributed by atoms with Crippen molar-refractivity contribution >= 4 is 0 Å². The summed E-state index contributed by atoms with van der Waals surface area (Å²) in [6.45, 7) is 0.766. The van der Waals surface area contributed by atoms with E-state index in [9.17, 15) is 0 Å². The lowest BCUT2D eigenvalue weighted by Gasteiger charge is -2.26. The maximum atomic E-state index is 6.26. The van der Waals surface area contributed by atoms with Crippen molar-refractivity contribution in [3.8, 4) is 28.7 Å². The van der Waals surface area contributed by atoms with Crippen molar-refractivity contribution in [2.75, 3.05) is 13.4 Å². The van der Waals surface area contributed by atoms with Crippen LogP contribution in [0.1, 0.15) is 28.9 Å². The Morgan fingerprint density at radius 3 is 2.29 bits per heavy atom. The van der Waals surface area contributed by atoms with E-state index in [0.29, 0.717) is 6.61 Å². The highest BCUT2D eigenvalue weighted by molar-refractivity contribution is 5.49. The monoisotopic (exact) mass is 374 g/mol. The highest BCUT2D eigenvalue weighted by Crippen LogP contribution is 2.42. The molecule has 3 heterocycles. The molecule has 0 fully saturated rings. The summed E-state index contributed by atoms with van der Waals surface area (Å²) >= 11 is 0. The minimum Gasteiger partial charge on any atom is -0.485 e. The van der Waals surface area contributed by atoms with Crippen molar-refractivity contribution in [1.29, 1.82) is 0 Å². The molecule has 0 aliphatic carbocycles. The zero-order chi connectivity index (χ0) is 18.5. The molecule has 0 aromatic heterocycles. The van der Waals surface area contributed by atoms with Gasteiger partial charge in [0.2, 0.25) is 6.79 Å². The van der Waals surface area contributed by atoms with Crippen molar-refractivity contribution in [3.63, 3.8) is 0 Å². The standard InChI is InChI=1S/C23H18O5/c1-2-4-19-17(3-1)24-12-23(27-19)16-6-5-14-9-20(28-21(14)10-16)15-7-8-18-22(11-15)26-13-25-18/h1-8,10-11,20,23H,9,12-13H2. The topological polar surface area (TPSA) is 46.2 Å². The summed E-state index contributed by atoms with van der Waals surface area (Å²) in [7, 11) is 0. The largest absolute Gasteiger partial charge is 0.485 e. The molecule has 0 radical (unpaired) electrons. The Balaban J connectivity index is 1.24. The van der Waals surface area contributed by atoms with Gasteiger partial charge in [-0.1, -0.05) is 30.3 Å². The second kappa shape index (κ2) is 6.09. The van der Waals surface area contributed by atoms with Crippen LogP contribution >= 0.6 is 0 Å². The van der Waals surface area contributed by atoms with Gasteiger partial charge in [0, 0.05) is 6.42 Å². The van der Waals surface area contributed by atoms with Crippen molar-refractivity contribution in [3.05, 3.63) is 77.4 Å². The predicted molar refractivity (Wildman–Crippen MR) is 101 cm³/mol. The Bertz CT molecular complexity index is 1060. The van der Waals surface area contributed by atoms with E-state index in [1.54, 1.807) is 0 Å². The van der Waals surface area contributed by atoms with Crippen LogP contribution in [0.3, 0.4) is 0 Å². The van der Waals surface area contributed by atoms with Crippen LogP contribution in [-0.2, 0) is 6.42 Å². The van der Waals surface area contributed by atoms with Gasteiger partial charge in [-0.2, -0.15) is 0 Å². The van der Waals surface area contributed by atoms with E-state index >= 15 is 0 Å².